The highest BCUT2D eigenvalue weighted by molar-refractivity contribution is 5.69. The van der Waals surface area contributed by atoms with Gasteiger partial charge in [0.15, 0.2) is 12.2 Å². The lowest BCUT2D eigenvalue weighted by atomic mass is 9.44. The van der Waals surface area contributed by atoms with Gasteiger partial charge in [0, 0.05) is 25.0 Å². The van der Waals surface area contributed by atoms with Crippen molar-refractivity contribution in [2.75, 3.05) is 0 Å². The minimum atomic E-state index is -0.427. The Kier molecular flexibility index (Phi) is 3.03. The van der Waals surface area contributed by atoms with Gasteiger partial charge in [-0.1, -0.05) is 44.2 Å². The van der Waals surface area contributed by atoms with Crippen LogP contribution in [0.2, 0.25) is 0 Å². The van der Waals surface area contributed by atoms with E-state index in [2.05, 4.69) is 55.3 Å². The highest BCUT2D eigenvalue weighted by Crippen LogP contribution is 2.64. The third kappa shape index (κ3) is 1.45. The third-order valence-corrected chi connectivity index (χ3v) is 6.32. The van der Waals surface area contributed by atoms with Crippen LogP contribution in [-0.4, -0.2) is 0 Å². The Balaban J connectivity index is 2.17. The number of fused-ring (bicyclic) bond motifs is 6. The molecule has 2 aliphatic rings. The molecule has 0 amide bonds. The number of nitrogens with zero attached hydrogens (tertiary/aromatic N) is 1. The van der Waals surface area contributed by atoms with E-state index in [1.54, 1.807) is 0 Å². The molecule has 23 heavy (non-hydrogen) atoms. The molecule has 1 aromatic carbocycles. The van der Waals surface area contributed by atoms with E-state index in [9.17, 15) is 4.39 Å². The Morgan fingerprint density at radius 3 is 2.52 bits per heavy atom. The van der Waals surface area contributed by atoms with Gasteiger partial charge in [-0.15, -0.1) is 0 Å². The number of pyridine rings is 1. The molecule has 118 valence electrons. The highest BCUT2D eigenvalue weighted by atomic mass is 19.1. The average molecular weight is 308 g/mol. The van der Waals surface area contributed by atoms with Crippen molar-refractivity contribution in [3.63, 3.8) is 0 Å². The fourth-order valence-corrected chi connectivity index (χ4v) is 5.40. The normalized spacial score (nSPS) is 27.7. The van der Waals surface area contributed by atoms with Gasteiger partial charge in [0.1, 0.15) is 0 Å². The maximum Gasteiger partial charge on any atom is 0.213 e. The lowest BCUT2D eigenvalue weighted by molar-refractivity contribution is -0.783. The van der Waals surface area contributed by atoms with Gasteiger partial charge in [0.2, 0.25) is 11.4 Å². The SMILES string of the molecule is C=C1CC2(CC)[n+]3c(CF)cccc3-c3ccccc3C12CC. The van der Waals surface area contributed by atoms with Gasteiger partial charge >= 0.3 is 0 Å². The smallest absolute Gasteiger partial charge is 0.213 e. The molecule has 0 spiro atoms. The molecule has 1 aliphatic carbocycles. The molecule has 2 unspecified atom stereocenters. The molecule has 0 N–H and O–H groups in total. The van der Waals surface area contributed by atoms with Crippen LogP contribution in [0, 0.1) is 0 Å². The minimum absolute atomic E-state index is 0.0682. The van der Waals surface area contributed by atoms with Crippen LogP contribution in [0.5, 0.6) is 0 Å². The summed E-state index contributed by atoms with van der Waals surface area (Å²) in [4.78, 5) is 0. The maximum absolute atomic E-state index is 13.8. The van der Waals surface area contributed by atoms with Crippen LogP contribution in [0.15, 0.2) is 54.6 Å². The van der Waals surface area contributed by atoms with Gasteiger partial charge in [-0.25, -0.2) is 4.39 Å². The standard InChI is InChI=1S/C21H23FN/c1-4-20-13-15(3)21(20,5-2)18-11-7-6-10-17(18)19-12-8-9-16(14-22)23(19)20/h6-12H,3-5,13-14H2,1-2H3/q+1. The minimum Gasteiger partial charge on any atom is -0.239 e. The van der Waals surface area contributed by atoms with Gasteiger partial charge in [-0.2, -0.15) is 4.57 Å². The summed E-state index contributed by atoms with van der Waals surface area (Å²) in [7, 11) is 0. The molecule has 2 atom stereocenters. The first-order chi connectivity index (χ1) is 11.2. The van der Waals surface area contributed by atoms with E-state index in [1.165, 1.54) is 16.7 Å². The van der Waals surface area contributed by atoms with E-state index in [4.69, 9.17) is 0 Å². The molecule has 1 nitrogen and oxygen atoms in total. The highest BCUT2D eigenvalue weighted by Gasteiger charge is 2.70. The van der Waals surface area contributed by atoms with E-state index in [1.807, 2.05) is 12.1 Å². The van der Waals surface area contributed by atoms with Gasteiger partial charge in [-0.05, 0) is 24.1 Å². The Morgan fingerprint density at radius 2 is 1.87 bits per heavy atom. The summed E-state index contributed by atoms with van der Waals surface area (Å²) in [6.45, 7) is 8.45. The van der Waals surface area contributed by atoms with E-state index in [-0.39, 0.29) is 11.0 Å². The summed E-state index contributed by atoms with van der Waals surface area (Å²) < 4.78 is 16.1. The first-order valence-electron chi connectivity index (χ1n) is 8.54. The van der Waals surface area contributed by atoms with Crippen molar-refractivity contribution in [3.8, 4) is 11.3 Å². The van der Waals surface area contributed by atoms with Crippen molar-refractivity contribution in [1.29, 1.82) is 0 Å². The van der Waals surface area contributed by atoms with Crippen LogP contribution in [-0.2, 0) is 17.6 Å². The van der Waals surface area contributed by atoms with Crippen molar-refractivity contribution in [2.45, 2.75) is 50.7 Å². The fourth-order valence-electron chi connectivity index (χ4n) is 5.40. The van der Waals surface area contributed by atoms with Crippen LogP contribution in [0.3, 0.4) is 0 Å². The van der Waals surface area contributed by atoms with Crippen molar-refractivity contribution >= 4 is 0 Å². The van der Waals surface area contributed by atoms with Crippen molar-refractivity contribution < 1.29 is 8.96 Å². The molecule has 0 bridgehead atoms. The molecule has 2 aromatic rings. The number of halogens is 1. The number of rotatable bonds is 3. The second-order valence-corrected chi connectivity index (χ2v) is 6.84. The zero-order valence-electron chi connectivity index (χ0n) is 13.9. The number of benzene rings is 1. The van der Waals surface area contributed by atoms with Crippen LogP contribution < -0.4 is 4.57 Å². The fraction of sp³-hybridized carbons (Fsp3) is 0.381. The number of alkyl halides is 1. The second-order valence-electron chi connectivity index (χ2n) is 6.84. The predicted octanol–water partition coefficient (Wildman–Crippen LogP) is 4.84. The lowest BCUT2D eigenvalue weighted by Gasteiger charge is -2.59. The maximum atomic E-state index is 13.8. The molecule has 2 heterocycles. The quantitative estimate of drug-likeness (QED) is 0.564. The largest absolute Gasteiger partial charge is 0.239 e. The van der Waals surface area contributed by atoms with Crippen LogP contribution in [0.4, 0.5) is 4.39 Å². The summed E-state index contributed by atoms with van der Waals surface area (Å²) in [5.74, 6) is 0. The van der Waals surface area contributed by atoms with E-state index in [0.29, 0.717) is 0 Å². The second kappa shape index (κ2) is 4.77. The van der Waals surface area contributed by atoms with Crippen LogP contribution in [0.1, 0.15) is 44.4 Å². The molecule has 4 rings (SSSR count). The molecular weight excluding hydrogens is 285 g/mol. The monoisotopic (exact) mass is 308 g/mol. The van der Waals surface area contributed by atoms with Gasteiger partial charge in [0.25, 0.3) is 0 Å². The molecule has 1 fully saturated rings. The predicted molar refractivity (Wildman–Crippen MR) is 90.9 cm³/mol. The summed E-state index contributed by atoms with van der Waals surface area (Å²) in [5.41, 5.74) is 5.68. The lowest BCUT2D eigenvalue weighted by Crippen LogP contribution is -2.77. The summed E-state index contributed by atoms with van der Waals surface area (Å²) >= 11 is 0. The zero-order chi connectivity index (χ0) is 16.2. The Hall–Kier alpha value is -1.96. The van der Waals surface area contributed by atoms with Crippen molar-refractivity contribution in [2.24, 2.45) is 0 Å². The Morgan fingerprint density at radius 1 is 1.09 bits per heavy atom. The number of allylic oxidation sites excluding steroid dienone is 1. The Bertz CT molecular complexity index is 809. The van der Waals surface area contributed by atoms with E-state index in [0.717, 1.165) is 30.7 Å². The first-order valence-corrected chi connectivity index (χ1v) is 8.54. The van der Waals surface area contributed by atoms with E-state index < -0.39 is 6.67 Å². The third-order valence-electron chi connectivity index (χ3n) is 6.32. The Labute approximate surface area is 137 Å². The molecule has 2 heteroatoms. The molecule has 0 radical (unpaired) electrons. The van der Waals surface area contributed by atoms with Crippen LogP contribution >= 0.6 is 0 Å². The van der Waals surface area contributed by atoms with Crippen molar-refractivity contribution in [3.05, 3.63) is 65.9 Å². The van der Waals surface area contributed by atoms with Gasteiger partial charge in [0.05, 0.1) is 11.0 Å². The van der Waals surface area contributed by atoms with Crippen LogP contribution in [0.25, 0.3) is 11.3 Å². The first kappa shape index (κ1) is 14.6. The molecular formula is C21H23FN+. The summed E-state index contributed by atoms with van der Waals surface area (Å²) in [6, 6.07) is 14.7. The number of hydrogen-bond acceptors (Lipinski definition) is 0. The van der Waals surface area contributed by atoms with Crippen molar-refractivity contribution in [1.82, 2.24) is 0 Å². The molecule has 1 saturated carbocycles. The summed E-state index contributed by atoms with van der Waals surface area (Å²) in [6.07, 6.45) is 2.94. The molecule has 0 saturated heterocycles. The number of hydrogen-bond donors (Lipinski definition) is 0. The van der Waals surface area contributed by atoms with E-state index >= 15 is 0 Å². The topological polar surface area (TPSA) is 3.88 Å². The summed E-state index contributed by atoms with van der Waals surface area (Å²) in [5, 5.41) is 0. The number of aromatic nitrogens is 1. The molecule has 1 aliphatic heterocycles. The van der Waals surface area contributed by atoms with Gasteiger partial charge in [-0.3, -0.25) is 0 Å². The van der Waals surface area contributed by atoms with Gasteiger partial charge < -0.3 is 0 Å². The zero-order valence-corrected chi connectivity index (χ0v) is 13.9. The molecule has 1 aromatic heterocycles. The average Bonchev–Trinajstić information content (AvgIpc) is 2.59.